The molecule has 2 atom stereocenters. The predicted molar refractivity (Wildman–Crippen MR) is 96.4 cm³/mol. The van der Waals surface area contributed by atoms with Gasteiger partial charge in [0.05, 0.1) is 5.69 Å². The molecule has 2 aromatic rings. The van der Waals surface area contributed by atoms with Gasteiger partial charge in [-0.25, -0.2) is 4.99 Å². The summed E-state index contributed by atoms with van der Waals surface area (Å²) in [4.78, 5) is 7.69. The van der Waals surface area contributed by atoms with Gasteiger partial charge in [0.1, 0.15) is 5.84 Å². The van der Waals surface area contributed by atoms with Gasteiger partial charge in [0.15, 0.2) is 0 Å². The van der Waals surface area contributed by atoms with E-state index in [1.807, 2.05) is 0 Å². The molecule has 5 rings (SSSR count). The monoisotopic (exact) mass is 304 g/mol. The molecule has 0 N–H and O–H groups in total. The van der Waals surface area contributed by atoms with Crippen LogP contribution in [0, 0.1) is 10.8 Å². The summed E-state index contributed by atoms with van der Waals surface area (Å²) >= 11 is 0. The lowest BCUT2D eigenvalue weighted by atomic mass is 9.65. The number of rotatable bonds is 0. The van der Waals surface area contributed by atoms with Crippen LogP contribution < -0.4 is 0 Å². The lowest BCUT2D eigenvalue weighted by Gasteiger charge is -2.39. The fourth-order valence-corrected chi connectivity index (χ4v) is 5.70. The Morgan fingerprint density at radius 1 is 1.04 bits per heavy atom. The molecule has 2 aliphatic heterocycles. The van der Waals surface area contributed by atoms with Crippen LogP contribution in [0.25, 0.3) is 10.8 Å². The van der Waals surface area contributed by atoms with Crippen molar-refractivity contribution < 1.29 is 0 Å². The highest BCUT2D eigenvalue weighted by Gasteiger charge is 2.50. The van der Waals surface area contributed by atoms with Gasteiger partial charge in [-0.15, -0.1) is 0 Å². The van der Waals surface area contributed by atoms with E-state index in [0.29, 0.717) is 16.9 Å². The largest absolute Gasteiger partial charge is 0.353 e. The van der Waals surface area contributed by atoms with E-state index >= 15 is 0 Å². The van der Waals surface area contributed by atoms with Crippen LogP contribution in [-0.4, -0.2) is 23.3 Å². The van der Waals surface area contributed by atoms with Crippen LogP contribution >= 0.6 is 0 Å². The fraction of sp³-hybridized carbons (Fsp3) is 0.476. The predicted octanol–water partition coefficient (Wildman–Crippen LogP) is 5.13. The van der Waals surface area contributed by atoms with Crippen LogP contribution in [0.15, 0.2) is 41.4 Å². The van der Waals surface area contributed by atoms with Gasteiger partial charge in [0.2, 0.25) is 0 Å². The normalized spacial score (nSPS) is 30.8. The summed E-state index contributed by atoms with van der Waals surface area (Å²) in [6.45, 7) is 8.51. The summed E-state index contributed by atoms with van der Waals surface area (Å²) in [5.74, 6) is 1.23. The second kappa shape index (κ2) is 4.17. The average Bonchev–Trinajstić information content (AvgIpc) is 2.95. The summed E-state index contributed by atoms with van der Waals surface area (Å²) in [6.07, 6.45) is 3.94. The van der Waals surface area contributed by atoms with E-state index in [-0.39, 0.29) is 0 Å². The first-order valence-electron chi connectivity index (χ1n) is 8.82. The molecule has 2 heteroatoms. The molecule has 2 nitrogen and oxygen atoms in total. The molecule has 2 fully saturated rings. The number of likely N-dealkylation sites (tertiary alicyclic amines) is 1. The Bertz CT molecular complexity index is 843. The molecule has 2 aromatic carbocycles. The van der Waals surface area contributed by atoms with Gasteiger partial charge in [-0.1, -0.05) is 51.1 Å². The van der Waals surface area contributed by atoms with Gasteiger partial charge in [0.25, 0.3) is 0 Å². The minimum atomic E-state index is 0.442. The Morgan fingerprint density at radius 3 is 2.65 bits per heavy atom. The van der Waals surface area contributed by atoms with E-state index in [1.54, 1.807) is 0 Å². The van der Waals surface area contributed by atoms with Crippen molar-refractivity contribution in [2.75, 3.05) is 6.54 Å². The molecule has 23 heavy (non-hydrogen) atoms. The molecule has 3 aliphatic rings. The van der Waals surface area contributed by atoms with Crippen molar-refractivity contribution in [1.29, 1.82) is 0 Å². The molecular formula is C21H24N2. The topological polar surface area (TPSA) is 15.6 Å². The Labute approximate surface area is 138 Å². The van der Waals surface area contributed by atoms with E-state index in [0.717, 1.165) is 12.2 Å². The molecule has 0 spiro atoms. The maximum absolute atomic E-state index is 5.06. The first-order chi connectivity index (χ1) is 10.9. The zero-order valence-corrected chi connectivity index (χ0v) is 14.3. The first-order valence-corrected chi connectivity index (χ1v) is 8.82. The van der Waals surface area contributed by atoms with Crippen molar-refractivity contribution >= 4 is 22.3 Å². The number of fused-ring (bicyclic) bond motifs is 2. The Balaban J connectivity index is 1.62. The maximum Gasteiger partial charge on any atom is 0.137 e. The molecule has 1 saturated heterocycles. The van der Waals surface area contributed by atoms with Crippen LogP contribution in [0.4, 0.5) is 5.69 Å². The zero-order chi connectivity index (χ0) is 15.8. The van der Waals surface area contributed by atoms with Crippen LogP contribution in [-0.2, 0) is 0 Å². The third kappa shape index (κ3) is 1.90. The molecule has 0 amide bonds. The van der Waals surface area contributed by atoms with Crippen LogP contribution in [0.5, 0.6) is 0 Å². The minimum absolute atomic E-state index is 0.442. The van der Waals surface area contributed by atoms with Gasteiger partial charge in [-0.3, -0.25) is 0 Å². The summed E-state index contributed by atoms with van der Waals surface area (Å²) in [6, 6.07) is 13.8. The molecule has 0 radical (unpaired) electrons. The second-order valence-corrected chi connectivity index (χ2v) is 8.96. The zero-order valence-electron chi connectivity index (χ0n) is 14.3. The van der Waals surface area contributed by atoms with Crippen LogP contribution in [0.1, 0.15) is 45.6 Å². The summed E-state index contributed by atoms with van der Waals surface area (Å²) in [5, 5.41) is 2.66. The maximum atomic E-state index is 5.06. The number of hydrogen-bond donors (Lipinski definition) is 0. The van der Waals surface area contributed by atoms with Crippen molar-refractivity contribution in [3.05, 3.63) is 42.0 Å². The lowest BCUT2D eigenvalue weighted by molar-refractivity contribution is 0.132. The van der Waals surface area contributed by atoms with Gasteiger partial charge in [0, 0.05) is 23.5 Å². The smallest absolute Gasteiger partial charge is 0.137 e. The van der Waals surface area contributed by atoms with Crippen LogP contribution in [0.2, 0.25) is 0 Å². The number of amidine groups is 1. The minimum Gasteiger partial charge on any atom is -0.353 e. The van der Waals surface area contributed by atoms with Crippen molar-refractivity contribution in [2.45, 2.75) is 46.1 Å². The second-order valence-electron chi connectivity index (χ2n) is 8.96. The van der Waals surface area contributed by atoms with Crippen molar-refractivity contribution in [3.8, 4) is 0 Å². The van der Waals surface area contributed by atoms with Crippen molar-refractivity contribution in [2.24, 2.45) is 15.8 Å². The number of benzene rings is 2. The Hall–Kier alpha value is -1.83. The number of hydrogen-bond acceptors (Lipinski definition) is 2. The molecule has 118 valence electrons. The van der Waals surface area contributed by atoms with Crippen LogP contribution in [0.3, 0.4) is 0 Å². The Morgan fingerprint density at radius 2 is 1.83 bits per heavy atom. The fourth-order valence-electron chi connectivity index (χ4n) is 5.70. The average molecular weight is 304 g/mol. The van der Waals surface area contributed by atoms with E-state index in [2.05, 4.69) is 62.1 Å². The third-order valence-corrected chi connectivity index (χ3v) is 6.04. The summed E-state index contributed by atoms with van der Waals surface area (Å²) in [7, 11) is 0. The van der Waals surface area contributed by atoms with E-state index < -0.39 is 0 Å². The van der Waals surface area contributed by atoms with E-state index in [1.165, 1.54) is 41.4 Å². The molecule has 1 aliphatic carbocycles. The quantitative estimate of drug-likeness (QED) is 0.658. The SMILES string of the molecule is CC1(C)C[C@@H]2C[C@@](C)(CN2C2=Nc3cccc4cccc2c34)C1. The van der Waals surface area contributed by atoms with Crippen molar-refractivity contribution in [1.82, 2.24) is 4.90 Å². The third-order valence-electron chi connectivity index (χ3n) is 6.04. The highest BCUT2D eigenvalue weighted by atomic mass is 15.3. The first kappa shape index (κ1) is 13.6. The van der Waals surface area contributed by atoms with E-state index in [4.69, 9.17) is 4.99 Å². The summed E-state index contributed by atoms with van der Waals surface area (Å²) < 4.78 is 0. The Kier molecular flexibility index (Phi) is 2.46. The molecule has 2 bridgehead atoms. The standard InChI is InChI=1S/C21H24N2/c1-20(2)10-15-11-21(3,12-20)13-23(15)19-16-8-4-6-14-7-5-9-17(22-19)18(14)16/h4-9,15H,10-13H2,1-3H3/t15-,21-/m1/s1. The molecule has 0 aromatic heterocycles. The molecular weight excluding hydrogens is 280 g/mol. The van der Waals surface area contributed by atoms with Gasteiger partial charge >= 0.3 is 0 Å². The molecule has 0 unspecified atom stereocenters. The van der Waals surface area contributed by atoms with Crippen molar-refractivity contribution in [3.63, 3.8) is 0 Å². The highest BCUT2D eigenvalue weighted by molar-refractivity contribution is 6.19. The summed E-state index contributed by atoms with van der Waals surface area (Å²) in [5.41, 5.74) is 3.38. The van der Waals surface area contributed by atoms with E-state index in [9.17, 15) is 0 Å². The molecule has 1 saturated carbocycles. The number of nitrogens with zero attached hydrogens (tertiary/aromatic N) is 2. The molecule has 2 heterocycles. The lowest BCUT2D eigenvalue weighted by Crippen LogP contribution is -2.37. The highest BCUT2D eigenvalue weighted by Crippen LogP contribution is 2.53. The van der Waals surface area contributed by atoms with Gasteiger partial charge in [-0.05, 0) is 41.5 Å². The number of aliphatic imine (C=N–C) groups is 1. The van der Waals surface area contributed by atoms with Gasteiger partial charge in [-0.2, -0.15) is 0 Å². The van der Waals surface area contributed by atoms with Gasteiger partial charge < -0.3 is 4.90 Å².